The smallest absolute Gasteiger partial charge is 0.252 e. The van der Waals surface area contributed by atoms with Crippen LogP contribution in [0.4, 0.5) is 0 Å². The van der Waals surface area contributed by atoms with Crippen molar-refractivity contribution in [2.75, 3.05) is 0 Å². The van der Waals surface area contributed by atoms with E-state index in [1.807, 2.05) is 30.5 Å². The average Bonchev–Trinajstić information content (AvgIpc) is 3.01. The van der Waals surface area contributed by atoms with Gasteiger partial charge in [-0.1, -0.05) is 50.2 Å². The van der Waals surface area contributed by atoms with Crippen molar-refractivity contribution in [1.82, 2.24) is 9.55 Å². The Balaban J connectivity index is 1.93. The number of hydrogen-bond acceptors (Lipinski definition) is 4. The number of ketones is 2. The van der Waals surface area contributed by atoms with Crippen molar-refractivity contribution >= 4 is 11.6 Å². The van der Waals surface area contributed by atoms with Gasteiger partial charge >= 0.3 is 0 Å². The predicted molar refractivity (Wildman–Crippen MR) is 97.6 cm³/mol. The topological polar surface area (TPSA) is 72.2 Å². The first kappa shape index (κ1) is 16.3. The summed E-state index contributed by atoms with van der Waals surface area (Å²) in [6.07, 6.45) is 0. The summed E-state index contributed by atoms with van der Waals surface area (Å²) in [5.74, 6) is 0.0338. The van der Waals surface area contributed by atoms with Crippen molar-refractivity contribution in [2.45, 2.75) is 26.3 Å². The molecule has 0 aliphatic heterocycles. The number of phenolic OH excluding ortho intramolecular Hbond substituents is 1. The van der Waals surface area contributed by atoms with Gasteiger partial charge in [0.25, 0.3) is 5.78 Å². The molecule has 0 atom stereocenters. The van der Waals surface area contributed by atoms with E-state index in [0.29, 0.717) is 29.1 Å². The van der Waals surface area contributed by atoms with E-state index in [1.165, 1.54) is 0 Å². The van der Waals surface area contributed by atoms with Crippen LogP contribution in [0, 0.1) is 0 Å². The van der Waals surface area contributed by atoms with E-state index in [0.717, 1.165) is 11.4 Å². The van der Waals surface area contributed by atoms with Crippen LogP contribution in [0.25, 0.3) is 11.3 Å². The first-order chi connectivity index (χ1) is 12.5. The van der Waals surface area contributed by atoms with Gasteiger partial charge in [-0.2, -0.15) is 0 Å². The third-order valence-electron chi connectivity index (χ3n) is 4.64. The highest BCUT2D eigenvalue weighted by Crippen LogP contribution is 2.35. The maximum atomic E-state index is 12.8. The molecule has 1 N–H and O–H groups in total. The molecule has 0 saturated heterocycles. The number of Topliss-reactive ketones (excluding diaryl/α,β-unsaturated/α-hetero) is 2. The highest BCUT2D eigenvalue weighted by molar-refractivity contribution is 6.52. The second-order valence-corrected chi connectivity index (χ2v) is 6.78. The summed E-state index contributed by atoms with van der Waals surface area (Å²) in [4.78, 5) is 30.1. The first-order valence-electron chi connectivity index (χ1n) is 8.54. The largest absolute Gasteiger partial charge is 0.508 e. The molecule has 1 aromatic heterocycles. The molecule has 3 aromatic rings. The number of benzene rings is 2. The van der Waals surface area contributed by atoms with E-state index in [-0.39, 0.29) is 11.7 Å². The monoisotopic (exact) mass is 346 g/mol. The number of carbonyl (C=O) groups is 2. The number of carbonyl (C=O) groups excluding carboxylic acids is 2. The number of fused-ring (bicyclic) bond motifs is 3. The van der Waals surface area contributed by atoms with Crippen LogP contribution in [0.3, 0.4) is 0 Å². The molecule has 0 fully saturated rings. The number of rotatable bonds is 3. The van der Waals surface area contributed by atoms with Crippen LogP contribution in [0.2, 0.25) is 0 Å². The van der Waals surface area contributed by atoms with Gasteiger partial charge in [-0.25, -0.2) is 4.98 Å². The van der Waals surface area contributed by atoms with Crippen molar-refractivity contribution in [1.29, 1.82) is 0 Å². The van der Waals surface area contributed by atoms with Gasteiger partial charge < -0.3 is 9.67 Å². The fourth-order valence-corrected chi connectivity index (χ4v) is 3.39. The quantitative estimate of drug-likeness (QED) is 0.732. The molecule has 1 aliphatic carbocycles. The van der Waals surface area contributed by atoms with Gasteiger partial charge in [0, 0.05) is 23.6 Å². The minimum atomic E-state index is -0.517. The van der Waals surface area contributed by atoms with E-state index < -0.39 is 11.6 Å². The van der Waals surface area contributed by atoms with Gasteiger partial charge in [-0.3, -0.25) is 9.59 Å². The van der Waals surface area contributed by atoms with E-state index in [4.69, 9.17) is 4.98 Å². The minimum absolute atomic E-state index is 0.0905. The van der Waals surface area contributed by atoms with Gasteiger partial charge in [-0.15, -0.1) is 0 Å². The molecule has 0 radical (unpaired) electrons. The van der Waals surface area contributed by atoms with Crippen LogP contribution in [0.15, 0.2) is 48.5 Å². The molecule has 0 bridgehead atoms. The van der Waals surface area contributed by atoms with Crippen molar-refractivity contribution in [3.05, 3.63) is 71.2 Å². The molecule has 2 aromatic carbocycles. The summed E-state index contributed by atoms with van der Waals surface area (Å²) >= 11 is 0. The van der Waals surface area contributed by atoms with Crippen LogP contribution >= 0.6 is 0 Å². The van der Waals surface area contributed by atoms with Crippen LogP contribution in [0.5, 0.6) is 5.75 Å². The predicted octanol–water partition coefficient (Wildman–Crippen LogP) is 3.81. The molecule has 0 saturated carbocycles. The van der Waals surface area contributed by atoms with Crippen LogP contribution < -0.4 is 0 Å². The molecule has 130 valence electrons. The van der Waals surface area contributed by atoms with E-state index in [1.54, 1.807) is 36.4 Å². The zero-order chi connectivity index (χ0) is 18.4. The highest BCUT2D eigenvalue weighted by Gasteiger charge is 2.36. The van der Waals surface area contributed by atoms with Crippen LogP contribution in [-0.4, -0.2) is 26.2 Å². The lowest BCUT2D eigenvalue weighted by atomic mass is 9.90. The number of phenols is 1. The Morgan fingerprint density at radius 3 is 2.27 bits per heavy atom. The molecule has 5 heteroatoms. The lowest BCUT2D eigenvalue weighted by Gasteiger charge is -2.17. The second kappa shape index (κ2) is 5.95. The molecule has 0 spiro atoms. The molecular formula is C21H18N2O3. The molecule has 4 rings (SSSR count). The highest BCUT2D eigenvalue weighted by atomic mass is 16.3. The fraction of sp³-hybridized carbons (Fsp3) is 0.190. The summed E-state index contributed by atoms with van der Waals surface area (Å²) < 4.78 is 1.84. The molecule has 5 nitrogen and oxygen atoms in total. The Bertz CT molecular complexity index is 1030. The summed E-state index contributed by atoms with van der Waals surface area (Å²) in [5.41, 5.74) is 2.97. The van der Waals surface area contributed by atoms with E-state index in [2.05, 4.69) is 0 Å². The summed E-state index contributed by atoms with van der Waals surface area (Å²) in [6.45, 7) is 4.44. The van der Waals surface area contributed by atoms with Gasteiger partial charge in [0.1, 0.15) is 23.0 Å². The van der Waals surface area contributed by atoms with Crippen molar-refractivity contribution < 1.29 is 14.7 Å². The normalized spacial score (nSPS) is 13.0. The lowest BCUT2D eigenvalue weighted by Crippen LogP contribution is -2.24. The van der Waals surface area contributed by atoms with E-state index in [9.17, 15) is 14.7 Å². The van der Waals surface area contributed by atoms with Crippen molar-refractivity contribution in [2.24, 2.45) is 0 Å². The Morgan fingerprint density at radius 2 is 1.62 bits per heavy atom. The SMILES string of the molecule is CC(C)c1nc2c(n1Cc1ccc(O)cc1)C(=O)C(=O)c1ccccc1-2. The number of nitrogens with zero attached hydrogens (tertiary/aromatic N) is 2. The molecule has 26 heavy (non-hydrogen) atoms. The summed E-state index contributed by atoms with van der Waals surface area (Å²) in [5, 5.41) is 9.49. The maximum Gasteiger partial charge on any atom is 0.252 e. The molecule has 1 heterocycles. The molecule has 1 aliphatic rings. The zero-order valence-corrected chi connectivity index (χ0v) is 14.6. The zero-order valence-electron chi connectivity index (χ0n) is 14.6. The molecular weight excluding hydrogens is 328 g/mol. The van der Waals surface area contributed by atoms with Gasteiger partial charge in [0.2, 0.25) is 5.78 Å². The number of hydrogen-bond donors (Lipinski definition) is 1. The van der Waals surface area contributed by atoms with Crippen LogP contribution in [0.1, 0.15) is 52.0 Å². The fourth-order valence-electron chi connectivity index (χ4n) is 3.39. The Labute approximate surface area is 150 Å². The number of aromatic hydroxyl groups is 1. The van der Waals surface area contributed by atoms with Crippen LogP contribution in [-0.2, 0) is 6.54 Å². The van der Waals surface area contributed by atoms with Gasteiger partial charge in [0.15, 0.2) is 0 Å². The Hall–Kier alpha value is -3.21. The molecule has 0 unspecified atom stereocenters. The molecule has 0 amide bonds. The third kappa shape index (κ3) is 2.44. The lowest BCUT2D eigenvalue weighted by molar-refractivity contribution is 0.0810. The standard InChI is InChI=1S/C21H18N2O3/c1-12(2)21-22-17-15-5-3-4-6-16(15)19(25)20(26)18(17)23(21)11-13-7-9-14(24)10-8-13/h3-10,12,24H,11H2,1-2H3. The number of imidazole rings is 1. The Morgan fingerprint density at radius 1 is 0.962 bits per heavy atom. The maximum absolute atomic E-state index is 12.8. The second-order valence-electron chi connectivity index (χ2n) is 6.78. The number of aromatic nitrogens is 2. The Kier molecular flexibility index (Phi) is 3.72. The first-order valence-corrected chi connectivity index (χ1v) is 8.54. The van der Waals surface area contributed by atoms with E-state index >= 15 is 0 Å². The van der Waals surface area contributed by atoms with Gasteiger partial charge in [-0.05, 0) is 17.7 Å². The van der Waals surface area contributed by atoms with Gasteiger partial charge in [0.05, 0.1) is 0 Å². The summed E-state index contributed by atoms with van der Waals surface area (Å²) in [7, 11) is 0. The average molecular weight is 346 g/mol. The minimum Gasteiger partial charge on any atom is -0.508 e. The third-order valence-corrected chi connectivity index (χ3v) is 4.64. The summed E-state index contributed by atoms with van der Waals surface area (Å²) in [6, 6.07) is 13.9. The van der Waals surface area contributed by atoms with Crippen molar-refractivity contribution in [3.8, 4) is 17.0 Å². The van der Waals surface area contributed by atoms with Crippen molar-refractivity contribution in [3.63, 3.8) is 0 Å².